The van der Waals surface area contributed by atoms with Gasteiger partial charge in [-0.1, -0.05) is 0 Å². The molecule has 9 nitrogen and oxygen atoms in total. The SMILES string of the molecule is CN/C(=C\C(C)=N)NC1=NC=CC(c2cc3c(s2)C(C)(C)N(CCN2CCOCC2)C3=O)N1. The molecule has 4 rings (SSSR count). The van der Waals surface area contributed by atoms with Gasteiger partial charge in [0.25, 0.3) is 5.91 Å². The van der Waals surface area contributed by atoms with E-state index in [0.717, 1.165) is 54.7 Å². The van der Waals surface area contributed by atoms with Crippen molar-refractivity contribution in [3.05, 3.63) is 45.6 Å². The summed E-state index contributed by atoms with van der Waals surface area (Å²) in [6.45, 7) is 11.0. The number of carbonyl (C=O) groups excluding carboxylic acids is 1. The number of hydrogen-bond acceptors (Lipinski definition) is 9. The van der Waals surface area contributed by atoms with Crippen LogP contribution in [-0.4, -0.2) is 73.8 Å². The van der Waals surface area contributed by atoms with Crippen LogP contribution in [-0.2, 0) is 10.3 Å². The number of thiophene rings is 1. The summed E-state index contributed by atoms with van der Waals surface area (Å²) >= 11 is 1.68. The van der Waals surface area contributed by atoms with E-state index in [4.69, 9.17) is 10.1 Å². The highest BCUT2D eigenvalue weighted by molar-refractivity contribution is 7.12. The summed E-state index contributed by atoms with van der Waals surface area (Å²) < 4.78 is 5.43. The molecule has 178 valence electrons. The number of hydrogen-bond donors (Lipinski definition) is 4. The second kappa shape index (κ2) is 9.66. The normalized spacial score (nSPS) is 22.6. The first-order valence-electron chi connectivity index (χ1n) is 11.3. The molecule has 10 heteroatoms. The zero-order chi connectivity index (χ0) is 23.6. The Morgan fingerprint density at radius 2 is 2.15 bits per heavy atom. The van der Waals surface area contributed by atoms with Gasteiger partial charge >= 0.3 is 0 Å². The van der Waals surface area contributed by atoms with Crippen LogP contribution < -0.4 is 16.0 Å². The summed E-state index contributed by atoms with van der Waals surface area (Å²) in [5, 5.41) is 17.3. The molecule has 4 heterocycles. The number of carbonyl (C=O) groups is 1. The number of morpholine rings is 1. The van der Waals surface area contributed by atoms with E-state index in [9.17, 15) is 4.79 Å². The Hall–Kier alpha value is -2.69. The van der Waals surface area contributed by atoms with Crippen LogP contribution in [0.15, 0.2) is 35.2 Å². The highest BCUT2D eigenvalue weighted by atomic mass is 32.1. The molecule has 0 radical (unpaired) electrons. The lowest BCUT2D eigenvalue weighted by molar-refractivity contribution is 0.0263. The third kappa shape index (κ3) is 4.97. The van der Waals surface area contributed by atoms with Crippen molar-refractivity contribution in [3.63, 3.8) is 0 Å². The molecule has 1 aromatic heterocycles. The van der Waals surface area contributed by atoms with Gasteiger partial charge in [0, 0.05) is 54.9 Å². The smallest absolute Gasteiger partial charge is 0.255 e. The number of allylic oxidation sites excluding steroid dienone is 1. The molecule has 0 aromatic carbocycles. The first-order chi connectivity index (χ1) is 15.8. The molecular weight excluding hydrogens is 438 g/mol. The summed E-state index contributed by atoms with van der Waals surface area (Å²) in [5.74, 6) is 1.39. The minimum Gasteiger partial charge on any atom is -0.379 e. The van der Waals surface area contributed by atoms with Gasteiger partial charge in [0.2, 0.25) is 5.96 Å². The van der Waals surface area contributed by atoms with Crippen molar-refractivity contribution >= 4 is 28.9 Å². The van der Waals surface area contributed by atoms with Crippen LogP contribution in [0.5, 0.6) is 0 Å². The fourth-order valence-corrected chi connectivity index (χ4v) is 5.62. The number of nitrogens with one attached hydrogen (secondary N) is 4. The highest BCUT2D eigenvalue weighted by Gasteiger charge is 2.45. The van der Waals surface area contributed by atoms with E-state index in [1.807, 2.05) is 17.0 Å². The van der Waals surface area contributed by atoms with Crippen molar-refractivity contribution in [2.24, 2.45) is 4.99 Å². The number of nitrogens with zero attached hydrogens (tertiary/aromatic N) is 3. The maximum Gasteiger partial charge on any atom is 0.255 e. The summed E-state index contributed by atoms with van der Waals surface area (Å²) in [7, 11) is 1.79. The average Bonchev–Trinajstić information content (AvgIpc) is 3.32. The summed E-state index contributed by atoms with van der Waals surface area (Å²) in [4.78, 5) is 24.3. The molecular formula is C23H33N7O2S. The molecule has 1 amide bonds. The molecule has 0 bridgehead atoms. The van der Waals surface area contributed by atoms with E-state index < -0.39 is 0 Å². The number of rotatable bonds is 7. The zero-order valence-corrected chi connectivity index (χ0v) is 20.5. The van der Waals surface area contributed by atoms with Crippen LogP contribution in [0.4, 0.5) is 0 Å². The van der Waals surface area contributed by atoms with Crippen LogP contribution >= 0.6 is 11.3 Å². The average molecular weight is 472 g/mol. The van der Waals surface area contributed by atoms with E-state index in [1.54, 1.807) is 37.6 Å². The van der Waals surface area contributed by atoms with Gasteiger partial charge in [-0.3, -0.25) is 9.69 Å². The topological polar surface area (TPSA) is 105 Å². The number of guanidine groups is 1. The fourth-order valence-electron chi connectivity index (χ4n) is 4.33. The third-order valence-electron chi connectivity index (χ3n) is 6.16. The first-order valence-corrected chi connectivity index (χ1v) is 12.1. The second-order valence-electron chi connectivity index (χ2n) is 8.92. The van der Waals surface area contributed by atoms with Gasteiger partial charge in [0.1, 0.15) is 5.82 Å². The Kier molecular flexibility index (Phi) is 6.87. The highest BCUT2D eigenvalue weighted by Crippen LogP contribution is 2.45. The van der Waals surface area contributed by atoms with Crippen molar-refractivity contribution in [3.8, 4) is 0 Å². The molecule has 0 spiro atoms. The van der Waals surface area contributed by atoms with Crippen molar-refractivity contribution in [1.29, 1.82) is 5.41 Å². The molecule has 1 aromatic rings. The molecule has 4 N–H and O–H groups in total. The monoisotopic (exact) mass is 471 g/mol. The summed E-state index contributed by atoms with van der Waals surface area (Å²) in [5.41, 5.74) is 0.909. The van der Waals surface area contributed by atoms with Gasteiger partial charge in [0.15, 0.2) is 0 Å². The van der Waals surface area contributed by atoms with E-state index in [2.05, 4.69) is 39.7 Å². The molecule has 1 saturated heterocycles. The van der Waals surface area contributed by atoms with Crippen molar-refractivity contribution in [1.82, 2.24) is 25.8 Å². The number of fused-ring (bicyclic) bond motifs is 1. The van der Waals surface area contributed by atoms with Gasteiger partial charge in [-0.2, -0.15) is 0 Å². The molecule has 1 unspecified atom stereocenters. The summed E-state index contributed by atoms with van der Waals surface area (Å²) in [6, 6.07) is 1.95. The van der Waals surface area contributed by atoms with E-state index >= 15 is 0 Å². The molecule has 33 heavy (non-hydrogen) atoms. The van der Waals surface area contributed by atoms with Crippen molar-refractivity contribution in [2.45, 2.75) is 32.4 Å². The Labute approximate surface area is 199 Å². The Morgan fingerprint density at radius 1 is 1.39 bits per heavy atom. The molecule has 1 atom stereocenters. The van der Waals surface area contributed by atoms with Crippen LogP contribution in [0, 0.1) is 5.41 Å². The quantitative estimate of drug-likeness (QED) is 0.453. The fraction of sp³-hybridized carbons (Fsp3) is 0.522. The molecule has 3 aliphatic heterocycles. The number of amides is 1. The van der Waals surface area contributed by atoms with Gasteiger partial charge in [-0.15, -0.1) is 11.3 Å². The number of ether oxygens (including phenoxy) is 1. The first kappa shape index (κ1) is 23.5. The Morgan fingerprint density at radius 3 is 2.82 bits per heavy atom. The maximum atomic E-state index is 13.3. The lowest BCUT2D eigenvalue weighted by atomic mass is 10.0. The van der Waals surface area contributed by atoms with Gasteiger partial charge in [-0.05, 0) is 39.0 Å². The predicted molar refractivity (Wildman–Crippen MR) is 132 cm³/mol. The molecule has 3 aliphatic rings. The van der Waals surface area contributed by atoms with E-state index in [-0.39, 0.29) is 17.5 Å². The third-order valence-corrected chi connectivity index (χ3v) is 7.70. The lowest BCUT2D eigenvalue weighted by Crippen LogP contribution is -2.46. The van der Waals surface area contributed by atoms with Crippen molar-refractivity contribution < 1.29 is 9.53 Å². The van der Waals surface area contributed by atoms with E-state index in [1.165, 1.54) is 0 Å². The minimum absolute atomic E-state index is 0.0785. The second-order valence-corrected chi connectivity index (χ2v) is 10.0. The molecule has 0 aliphatic carbocycles. The van der Waals surface area contributed by atoms with Crippen LogP contribution in [0.1, 0.15) is 46.9 Å². The molecule has 1 fully saturated rings. The zero-order valence-electron chi connectivity index (χ0n) is 19.7. The largest absolute Gasteiger partial charge is 0.379 e. The lowest BCUT2D eigenvalue weighted by Gasteiger charge is -2.35. The van der Waals surface area contributed by atoms with Gasteiger partial charge in [-0.25, -0.2) is 4.99 Å². The predicted octanol–water partition coefficient (Wildman–Crippen LogP) is 1.98. The van der Waals surface area contributed by atoms with Crippen LogP contribution in [0.2, 0.25) is 0 Å². The maximum absolute atomic E-state index is 13.3. The van der Waals surface area contributed by atoms with Crippen LogP contribution in [0.25, 0.3) is 0 Å². The minimum atomic E-state index is -0.335. The molecule has 0 saturated carbocycles. The van der Waals surface area contributed by atoms with Gasteiger partial charge < -0.3 is 31.0 Å². The van der Waals surface area contributed by atoms with Crippen LogP contribution in [0.3, 0.4) is 0 Å². The van der Waals surface area contributed by atoms with Crippen molar-refractivity contribution in [2.75, 3.05) is 46.4 Å². The number of aliphatic imine (C=N–C) groups is 1. The standard InChI is InChI=1S/C23H33N7O2S/c1-15(24)13-19(25-4)28-22-26-6-5-17(27-22)18-14-16-20(33-18)23(2,3)30(21(16)31)8-7-29-9-11-32-12-10-29/h5-6,13-14,17,24-25H,7-12H2,1-4H3,(H2,26,27,28)/b19-13+,24-15?. The Balaban J connectivity index is 1.44. The summed E-state index contributed by atoms with van der Waals surface area (Å²) in [6.07, 6.45) is 5.45. The Bertz CT molecular complexity index is 1000. The van der Waals surface area contributed by atoms with E-state index in [0.29, 0.717) is 17.5 Å². The van der Waals surface area contributed by atoms with Gasteiger partial charge in [0.05, 0.1) is 30.4 Å².